The van der Waals surface area contributed by atoms with Crippen molar-refractivity contribution in [1.29, 1.82) is 0 Å². The summed E-state index contributed by atoms with van der Waals surface area (Å²) in [5, 5.41) is 6.83. The number of aliphatic imine (C=N–C) groups is 1. The molecule has 2 aliphatic rings. The second kappa shape index (κ2) is 9.66. The number of hydrogen-bond donors (Lipinski definition) is 2. The lowest BCUT2D eigenvalue weighted by atomic mass is 10.0. The van der Waals surface area contributed by atoms with Crippen LogP contribution in [-0.4, -0.2) is 62.2 Å². The molecule has 23 heavy (non-hydrogen) atoms. The molecule has 134 valence electrons. The smallest absolute Gasteiger partial charge is 0.243 e. The molecule has 6 nitrogen and oxygen atoms in total. The molecule has 0 aromatic carbocycles. The fraction of sp³-hybridized carbons (Fsp3) is 0.875. The zero-order valence-electron chi connectivity index (χ0n) is 14.6. The van der Waals surface area contributed by atoms with E-state index in [0.29, 0.717) is 6.04 Å². The molecule has 1 atom stereocenters. The van der Waals surface area contributed by atoms with Gasteiger partial charge in [-0.2, -0.15) is 0 Å². The van der Waals surface area contributed by atoms with Crippen molar-refractivity contribution < 1.29 is 9.53 Å². The minimum Gasteiger partial charge on any atom is -0.373 e. The van der Waals surface area contributed by atoms with Gasteiger partial charge in [-0.3, -0.25) is 4.79 Å². The Bertz CT molecular complexity index is 403. The van der Waals surface area contributed by atoms with Crippen LogP contribution < -0.4 is 10.6 Å². The van der Waals surface area contributed by atoms with E-state index in [9.17, 15) is 4.79 Å². The van der Waals surface area contributed by atoms with Crippen molar-refractivity contribution in [1.82, 2.24) is 15.5 Å². The molecule has 1 unspecified atom stereocenters. The van der Waals surface area contributed by atoms with Crippen LogP contribution in [0, 0.1) is 0 Å². The van der Waals surface area contributed by atoms with Gasteiger partial charge in [0, 0.05) is 33.3 Å². The van der Waals surface area contributed by atoms with Crippen LogP contribution in [-0.2, 0) is 9.53 Å². The van der Waals surface area contributed by atoms with Crippen molar-refractivity contribution >= 4 is 35.8 Å². The Morgan fingerprint density at radius 1 is 1.30 bits per heavy atom. The summed E-state index contributed by atoms with van der Waals surface area (Å²) in [7, 11) is 3.51. The van der Waals surface area contributed by atoms with Crippen LogP contribution in [0.3, 0.4) is 0 Å². The van der Waals surface area contributed by atoms with E-state index in [-0.39, 0.29) is 42.0 Å². The van der Waals surface area contributed by atoms with Gasteiger partial charge in [0.2, 0.25) is 5.91 Å². The number of amides is 1. The SMILES string of the molecule is CN(C)C(=O)CN=C(NCC1(C)CCCO1)NC1CCCC1.I. The summed E-state index contributed by atoms with van der Waals surface area (Å²) in [4.78, 5) is 17.8. The molecular formula is C16H31IN4O2. The Balaban J connectivity index is 0.00000264. The van der Waals surface area contributed by atoms with E-state index in [0.717, 1.165) is 32.0 Å². The Labute approximate surface area is 156 Å². The van der Waals surface area contributed by atoms with Crippen molar-refractivity contribution in [3.63, 3.8) is 0 Å². The third-order valence-corrected chi connectivity index (χ3v) is 4.50. The number of carbonyl (C=O) groups excluding carboxylic acids is 1. The molecule has 0 spiro atoms. The quantitative estimate of drug-likeness (QED) is 0.390. The molecule has 1 aliphatic heterocycles. The maximum Gasteiger partial charge on any atom is 0.243 e. The molecule has 1 heterocycles. The molecule has 1 amide bonds. The van der Waals surface area contributed by atoms with Crippen LogP contribution in [0.25, 0.3) is 0 Å². The first kappa shape index (κ1) is 20.5. The summed E-state index contributed by atoms with van der Waals surface area (Å²) in [6.45, 7) is 3.86. The number of halogens is 1. The topological polar surface area (TPSA) is 66.0 Å². The van der Waals surface area contributed by atoms with Gasteiger partial charge < -0.3 is 20.3 Å². The molecule has 0 aromatic heterocycles. The predicted molar refractivity (Wildman–Crippen MR) is 103 cm³/mol. The molecule has 0 radical (unpaired) electrons. The Hall–Kier alpha value is -0.570. The van der Waals surface area contributed by atoms with E-state index in [1.165, 1.54) is 25.7 Å². The van der Waals surface area contributed by atoms with Gasteiger partial charge >= 0.3 is 0 Å². The molecule has 0 bridgehead atoms. The monoisotopic (exact) mass is 438 g/mol. The zero-order chi connectivity index (χ0) is 16.0. The molecule has 1 saturated carbocycles. The van der Waals surface area contributed by atoms with Crippen LogP contribution >= 0.6 is 24.0 Å². The van der Waals surface area contributed by atoms with E-state index in [2.05, 4.69) is 22.5 Å². The van der Waals surface area contributed by atoms with E-state index < -0.39 is 0 Å². The summed E-state index contributed by atoms with van der Waals surface area (Å²) in [6, 6.07) is 0.470. The van der Waals surface area contributed by atoms with Crippen molar-refractivity contribution in [2.45, 2.75) is 57.1 Å². The largest absolute Gasteiger partial charge is 0.373 e. The van der Waals surface area contributed by atoms with E-state index >= 15 is 0 Å². The molecule has 0 aromatic rings. The lowest BCUT2D eigenvalue weighted by Crippen LogP contribution is -2.48. The first-order valence-corrected chi connectivity index (χ1v) is 8.37. The van der Waals surface area contributed by atoms with E-state index in [1.807, 2.05) is 0 Å². The molecule has 7 heteroatoms. The summed E-state index contributed by atoms with van der Waals surface area (Å²) >= 11 is 0. The maximum atomic E-state index is 11.7. The third-order valence-electron chi connectivity index (χ3n) is 4.50. The maximum absolute atomic E-state index is 11.7. The van der Waals surface area contributed by atoms with Gasteiger partial charge in [0.15, 0.2) is 5.96 Å². The van der Waals surface area contributed by atoms with Gasteiger partial charge in [0.25, 0.3) is 0 Å². The van der Waals surface area contributed by atoms with Crippen molar-refractivity contribution in [3.8, 4) is 0 Å². The number of rotatable bonds is 5. The lowest BCUT2D eigenvalue weighted by Gasteiger charge is -2.26. The van der Waals surface area contributed by atoms with Gasteiger partial charge in [0.1, 0.15) is 6.54 Å². The molecule has 1 aliphatic carbocycles. The zero-order valence-corrected chi connectivity index (χ0v) is 16.9. The summed E-state index contributed by atoms with van der Waals surface area (Å²) < 4.78 is 5.80. The normalized spacial score (nSPS) is 25.1. The van der Waals surface area contributed by atoms with Crippen LogP contribution in [0.4, 0.5) is 0 Å². The number of likely N-dealkylation sites (N-methyl/N-ethyl adjacent to an activating group) is 1. The number of carbonyl (C=O) groups is 1. The number of ether oxygens (including phenoxy) is 1. The number of nitrogens with one attached hydrogen (secondary N) is 2. The number of nitrogens with zero attached hydrogens (tertiary/aromatic N) is 2. The number of guanidine groups is 1. The minimum absolute atomic E-state index is 0. The second-order valence-electron chi connectivity index (χ2n) is 6.83. The minimum atomic E-state index is -0.121. The van der Waals surface area contributed by atoms with E-state index in [4.69, 9.17) is 4.74 Å². The Morgan fingerprint density at radius 3 is 2.57 bits per heavy atom. The average molecular weight is 438 g/mol. The van der Waals surface area contributed by atoms with Crippen LogP contribution in [0.2, 0.25) is 0 Å². The Kier molecular flexibility index (Phi) is 8.60. The van der Waals surface area contributed by atoms with Crippen molar-refractivity contribution in [3.05, 3.63) is 0 Å². The molecular weight excluding hydrogens is 407 g/mol. The fourth-order valence-corrected chi connectivity index (χ4v) is 2.95. The lowest BCUT2D eigenvalue weighted by molar-refractivity contribution is -0.127. The summed E-state index contributed by atoms with van der Waals surface area (Å²) in [5.41, 5.74) is -0.121. The predicted octanol–water partition coefficient (Wildman–Crippen LogP) is 1.74. The van der Waals surface area contributed by atoms with Crippen LogP contribution in [0.15, 0.2) is 4.99 Å². The summed E-state index contributed by atoms with van der Waals surface area (Å²) in [5.74, 6) is 0.745. The van der Waals surface area contributed by atoms with Gasteiger partial charge in [0.05, 0.1) is 5.60 Å². The Morgan fingerprint density at radius 2 is 2.00 bits per heavy atom. The average Bonchev–Trinajstić information content (AvgIpc) is 3.13. The molecule has 2 rings (SSSR count). The summed E-state index contributed by atoms with van der Waals surface area (Å²) in [6.07, 6.45) is 7.06. The first-order chi connectivity index (χ1) is 10.5. The second-order valence-corrected chi connectivity index (χ2v) is 6.83. The van der Waals surface area contributed by atoms with Crippen molar-refractivity contribution in [2.24, 2.45) is 4.99 Å². The third kappa shape index (κ3) is 6.82. The van der Waals surface area contributed by atoms with Gasteiger partial charge in [-0.15, -0.1) is 24.0 Å². The fourth-order valence-electron chi connectivity index (χ4n) is 2.95. The molecule has 1 saturated heterocycles. The van der Waals surface area contributed by atoms with Gasteiger partial charge in [-0.25, -0.2) is 4.99 Å². The van der Waals surface area contributed by atoms with Gasteiger partial charge in [-0.05, 0) is 32.6 Å². The molecule has 2 N–H and O–H groups in total. The number of hydrogen-bond acceptors (Lipinski definition) is 3. The highest BCUT2D eigenvalue weighted by molar-refractivity contribution is 14.0. The van der Waals surface area contributed by atoms with E-state index in [1.54, 1.807) is 19.0 Å². The highest BCUT2D eigenvalue weighted by atomic mass is 127. The van der Waals surface area contributed by atoms with Gasteiger partial charge in [-0.1, -0.05) is 12.8 Å². The van der Waals surface area contributed by atoms with Crippen LogP contribution in [0.1, 0.15) is 45.4 Å². The van der Waals surface area contributed by atoms with Crippen molar-refractivity contribution in [2.75, 3.05) is 33.8 Å². The highest BCUT2D eigenvalue weighted by Gasteiger charge is 2.30. The standard InChI is InChI=1S/C16H30N4O2.HI/c1-16(9-6-10-22-16)12-18-15(17-11-14(21)20(2)3)19-13-7-4-5-8-13;/h13H,4-12H2,1-3H3,(H2,17,18,19);1H. The highest BCUT2D eigenvalue weighted by Crippen LogP contribution is 2.24. The molecule has 2 fully saturated rings. The van der Waals surface area contributed by atoms with Crippen LogP contribution in [0.5, 0.6) is 0 Å². The first-order valence-electron chi connectivity index (χ1n) is 8.37.